The Kier molecular flexibility index (Phi) is 6.08. The molecule has 1 aromatic heterocycles. The molecular formula is C12H24N4. The molecule has 2 unspecified atom stereocenters. The summed E-state index contributed by atoms with van der Waals surface area (Å²) in [5.41, 5.74) is 0. The molecule has 0 saturated carbocycles. The molecule has 1 aromatic rings. The van der Waals surface area contributed by atoms with E-state index in [4.69, 9.17) is 0 Å². The van der Waals surface area contributed by atoms with Gasteiger partial charge in [0.15, 0.2) is 0 Å². The van der Waals surface area contributed by atoms with Gasteiger partial charge in [0.1, 0.15) is 12.7 Å². The maximum atomic E-state index is 3.80. The van der Waals surface area contributed by atoms with Crippen molar-refractivity contribution < 1.29 is 0 Å². The smallest absolute Gasteiger partial charge is 0.119 e. The third-order valence-electron chi connectivity index (χ3n) is 2.76. The van der Waals surface area contributed by atoms with E-state index in [9.17, 15) is 0 Å². The SMILES string of the molecule is CCCCCC(C)NC(C)Cn1cnnc1. The molecule has 0 radical (unpaired) electrons. The molecule has 4 nitrogen and oxygen atoms in total. The maximum absolute atomic E-state index is 3.80. The zero-order chi connectivity index (χ0) is 11.8. The molecule has 0 amide bonds. The van der Waals surface area contributed by atoms with E-state index in [1.165, 1.54) is 25.7 Å². The topological polar surface area (TPSA) is 42.7 Å². The third kappa shape index (κ3) is 5.26. The molecule has 0 saturated heterocycles. The minimum Gasteiger partial charge on any atom is -0.319 e. The van der Waals surface area contributed by atoms with Crippen molar-refractivity contribution in [2.75, 3.05) is 0 Å². The maximum Gasteiger partial charge on any atom is 0.119 e. The summed E-state index contributed by atoms with van der Waals surface area (Å²) in [4.78, 5) is 0. The van der Waals surface area contributed by atoms with Crippen molar-refractivity contribution >= 4 is 0 Å². The lowest BCUT2D eigenvalue weighted by molar-refractivity contribution is 0.399. The molecule has 0 spiro atoms. The van der Waals surface area contributed by atoms with Gasteiger partial charge in [0, 0.05) is 18.6 Å². The van der Waals surface area contributed by atoms with E-state index in [1.807, 2.05) is 4.57 Å². The van der Waals surface area contributed by atoms with Crippen LogP contribution in [0.5, 0.6) is 0 Å². The van der Waals surface area contributed by atoms with Crippen molar-refractivity contribution in [1.29, 1.82) is 0 Å². The molecule has 0 aliphatic carbocycles. The number of aromatic nitrogens is 3. The predicted octanol–water partition coefficient (Wildman–Crippen LogP) is 2.23. The Hall–Kier alpha value is -0.900. The van der Waals surface area contributed by atoms with E-state index in [0.29, 0.717) is 12.1 Å². The fourth-order valence-electron chi connectivity index (χ4n) is 1.95. The summed E-state index contributed by atoms with van der Waals surface area (Å²) < 4.78 is 2.01. The number of hydrogen-bond donors (Lipinski definition) is 1. The van der Waals surface area contributed by atoms with Crippen molar-refractivity contribution in [1.82, 2.24) is 20.1 Å². The van der Waals surface area contributed by atoms with Gasteiger partial charge in [0.2, 0.25) is 0 Å². The summed E-state index contributed by atoms with van der Waals surface area (Å²) in [6.07, 6.45) is 8.75. The second-order valence-corrected chi connectivity index (χ2v) is 4.62. The molecule has 0 aliphatic heterocycles. The molecule has 0 aromatic carbocycles. The minimum atomic E-state index is 0.465. The van der Waals surface area contributed by atoms with Crippen LogP contribution in [0, 0.1) is 0 Å². The average Bonchev–Trinajstić information content (AvgIpc) is 2.70. The summed E-state index contributed by atoms with van der Waals surface area (Å²) >= 11 is 0. The monoisotopic (exact) mass is 224 g/mol. The number of nitrogens with one attached hydrogen (secondary N) is 1. The third-order valence-corrected chi connectivity index (χ3v) is 2.76. The highest BCUT2D eigenvalue weighted by Gasteiger charge is 2.07. The van der Waals surface area contributed by atoms with E-state index in [2.05, 4.69) is 36.3 Å². The van der Waals surface area contributed by atoms with Crippen molar-refractivity contribution in [2.45, 2.75) is 65.1 Å². The van der Waals surface area contributed by atoms with Gasteiger partial charge in [-0.3, -0.25) is 0 Å². The standard InChI is InChI=1S/C12H24N4/c1-4-5-6-7-11(2)15-12(3)8-16-9-13-14-10-16/h9-12,15H,4-8H2,1-3H3. The first-order valence-corrected chi connectivity index (χ1v) is 6.30. The molecule has 0 bridgehead atoms. The van der Waals surface area contributed by atoms with Crippen molar-refractivity contribution in [3.05, 3.63) is 12.7 Å². The molecule has 4 heteroatoms. The number of nitrogens with zero attached hydrogens (tertiary/aromatic N) is 3. The molecule has 1 heterocycles. The largest absolute Gasteiger partial charge is 0.319 e. The van der Waals surface area contributed by atoms with Crippen LogP contribution in [0.4, 0.5) is 0 Å². The van der Waals surface area contributed by atoms with Gasteiger partial charge in [-0.15, -0.1) is 10.2 Å². The van der Waals surface area contributed by atoms with Gasteiger partial charge < -0.3 is 9.88 Å². The van der Waals surface area contributed by atoms with Gasteiger partial charge in [0.05, 0.1) is 0 Å². The second kappa shape index (κ2) is 7.39. The average molecular weight is 224 g/mol. The van der Waals surface area contributed by atoms with E-state index < -0.39 is 0 Å². The second-order valence-electron chi connectivity index (χ2n) is 4.62. The van der Waals surface area contributed by atoms with Gasteiger partial charge in [-0.2, -0.15) is 0 Å². The highest BCUT2D eigenvalue weighted by atomic mass is 15.2. The Labute approximate surface area is 98.5 Å². The predicted molar refractivity (Wildman–Crippen MR) is 66.2 cm³/mol. The van der Waals surface area contributed by atoms with Crippen LogP contribution in [0.15, 0.2) is 12.7 Å². The van der Waals surface area contributed by atoms with Crippen molar-refractivity contribution in [3.63, 3.8) is 0 Å². The Balaban J connectivity index is 2.15. The van der Waals surface area contributed by atoms with Crippen LogP contribution in [-0.2, 0) is 6.54 Å². The van der Waals surface area contributed by atoms with Gasteiger partial charge in [-0.05, 0) is 20.3 Å². The highest BCUT2D eigenvalue weighted by Crippen LogP contribution is 2.04. The zero-order valence-electron chi connectivity index (χ0n) is 10.7. The van der Waals surface area contributed by atoms with Crippen LogP contribution in [0.25, 0.3) is 0 Å². The Morgan fingerprint density at radius 3 is 2.44 bits per heavy atom. The van der Waals surface area contributed by atoms with Crippen LogP contribution in [0.1, 0.15) is 46.5 Å². The van der Waals surface area contributed by atoms with E-state index in [-0.39, 0.29) is 0 Å². The first-order valence-electron chi connectivity index (χ1n) is 6.30. The lowest BCUT2D eigenvalue weighted by Crippen LogP contribution is -2.37. The molecule has 2 atom stereocenters. The molecular weight excluding hydrogens is 200 g/mol. The van der Waals surface area contributed by atoms with Crippen LogP contribution in [-0.4, -0.2) is 26.8 Å². The first kappa shape index (κ1) is 13.2. The number of hydrogen-bond acceptors (Lipinski definition) is 3. The lowest BCUT2D eigenvalue weighted by atomic mass is 10.1. The Bertz CT molecular complexity index is 258. The van der Waals surface area contributed by atoms with Gasteiger partial charge in [-0.25, -0.2) is 0 Å². The molecule has 0 fully saturated rings. The van der Waals surface area contributed by atoms with Crippen LogP contribution < -0.4 is 5.32 Å². The summed E-state index contributed by atoms with van der Waals surface area (Å²) in [7, 11) is 0. The van der Waals surface area contributed by atoms with E-state index >= 15 is 0 Å². The molecule has 1 rings (SSSR count). The van der Waals surface area contributed by atoms with Gasteiger partial charge in [-0.1, -0.05) is 26.2 Å². The summed E-state index contributed by atoms with van der Waals surface area (Å²) in [5, 5.41) is 11.2. The molecule has 0 aliphatic rings. The van der Waals surface area contributed by atoms with Gasteiger partial charge in [0.25, 0.3) is 0 Å². The summed E-state index contributed by atoms with van der Waals surface area (Å²) in [6, 6.07) is 1.06. The quantitative estimate of drug-likeness (QED) is 0.689. The van der Waals surface area contributed by atoms with Gasteiger partial charge >= 0.3 is 0 Å². The van der Waals surface area contributed by atoms with E-state index in [0.717, 1.165) is 6.54 Å². The fraction of sp³-hybridized carbons (Fsp3) is 0.833. The molecule has 16 heavy (non-hydrogen) atoms. The number of unbranched alkanes of at least 4 members (excludes halogenated alkanes) is 2. The van der Waals surface area contributed by atoms with Crippen LogP contribution >= 0.6 is 0 Å². The molecule has 92 valence electrons. The minimum absolute atomic E-state index is 0.465. The van der Waals surface area contributed by atoms with Crippen LogP contribution in [0.2, 0.25) is 0 Å². The van der Waals surface area contributed by atoms with E-state index in [1.54, 1.807) is 12.7 Å². The summed E-state index contributed by atoms with van der Waals surface area (Å²) in [5.74, 6) is 0. The highest BCUT2D eigenvalue weighted by molar-refractivity contribution is 4.70. The van der Waals surface area contributed by atoms with Crippen LogP contribution in [0.3, 0.4) is 0 Å². The fourth-order valence-corrected chi connectivity index (χ4v) is 1.95. The summed E-state index contributed by atoms with van der Waals surface area (Å²) in [6.45, 7) is 7.65. The zero-order valence-corrected chi connectivity index (χ0v) is 10.7. The Morgan fingerprint density at radius 2 is 1.81 bits per heavy atom. The normalized spacial score (nSPS) is 14.9. The van der Waals surface area contributed by atoms with Crippen molar-refractivity contribution in [3.8, 4) is 0 Å². The van der Waals surface area contributed by atoms with Crippen molar-refractivity contribution in [2.24, 2.45) is 0 Å². The lowest BCUT2D eigenvalue weighted by Gasteiger charge is -2.20. The first-order chi connectivity index (χ1) is 7.72. The molecule has 1 N–H and O–H groups in total. The number of rotatable bonds is 8. The Morgan fingerprint density at radius 1 is 1.12 bits per heavy atom.